The van der Waals surface area contributed by atoms with Crippen LogP contribution in [0.25, 0.3) is 6.08 Å². The number of hydrogen-bond acceptors (Lipinski definition) is 5. The fraction of sp³-hybridized carbons (Fsp3) is 0.320. The molecule has 2 aromatic rings. The average molecular weight is 454 g/mol. The van der Waals surface area contributed by atoms with E-state index in [0.717, 1.165) is 12.8 Å². The molecule has 174 valence electrons. The Balaban J connectivity index is 1.41. The van der Waals surface area contributed by atoms with Gasteiger partial charge in [-0.15, -0.1) is 0 Å². The molecule has 1 aliphatic rings. The molecule has 1 saturated heterocycles. The lowest BCUT2D eigenvalue weighted by Gasteiger charge is -2.32. The zero-order valence-electron chi connectivity index (χ0n) is 18.5. The average Bonchev–Trinajstić information content (AvgIpc) is 2.82. The van der Waals surface area contributed by atoms with Crippen LogP contribution in [-0.2, 0) is 9.53 Å². The third kappa shape index (κ3) is 7.45. The Morgan fingerprint density at radius 1 is 1.12 bits per heavy atom. The monoisotopic (exact) mass is 454 g/mol. The van der Waals surface area contributed by atoms with Crippen LogP contribution in [0.15, 0.2) is 54.6 Å². The Morgan fingerprint density at radius 3 is 2.52 bits per heavy atom. The van der Waals surface area contributed by atoms with Crippen LogP contribution in [0.5, 0.6) is 5.75 Å². The fourth-order valence-electron chi connectivity index (χ4n) is 3.52. The number of carbonyl (C=O) groups is 3. The molecule has 0 atom stereocenters. The van der Waals surface area contributed by atoms with E-state index >= 15 is 0 Å². The van der Waals surface area contributed by atoms with Crippen molar-refractivity contribution >= 4 is 24.0 Å². The van der Waals surface area contributed by atoms with Crippen molar-refractivity contribution in [3.63, 3.8) is 0 Å². The number of rotatable bonds is 7. The third-order valence-electron chi connectivity index (χ3n) is 5.31. The van der Waals surface area contributed by atoms with Crippen molar-refractivity contribution < 1.29 is 28.2 Å². The number of hydrogen-bond donors (Lipinski definition) is 1. The molecule has 7 nitrogen and oxygen atoms in total. The second-order valence-electron chi connectivity index (χ2n) is 7.68. The molecular weight excluding hydrogens is 427 g/mol. The van der Waals surface area contributed by atoms with Crippen molar-refractivity contribution in [3.05, 3.63) is 71.6 Å². The van der Waals surface area contributed by atoms with Crippen molar-refractivity contribution in [1.82, 2.24) is 10.2 Å². The number of nitrogens with zero attached hydrogens (tertiary/aromatic N) is 1. The number of halogens is 1. The van der Waals surface area contributed by atoms with Gasteiger partial charge in [-0.1, -0.05) is 12.1 Å². The topological polar surface area (TPSA) is 84.9 Å². The maximum Gasteiger partial charge on any atom is 0.513 e. The summed E-state index contributed by atoms with van der Waals surface area (Å²) in [6, 6.07) is 12.4. The summed E-state index contributed by atoms with van der Waals surface area (Å²) < 4.78 is 22.9. The lowest BCUT2D eigenvalue weighted by atomic mass is 9.96. The number of likely N-dealkylation sites (tertiary alicyclic amines) is 1. The van der Waals surface area contributed by atoms with Gasteiger partial charge in [0.1, 0.15) is 11.6 Å². The van der Waals surface area contributed by atoms with Gasteiger partial charge in [-0.2, -0.15) is 0 Å². The Bertz CT molecular complexity index is 998. The molecular formula is C25H27FN2O5. The number of carbonyl (C=O) groups excluding carboxylic acids is 3. The van der Waals surface area contributed by atoms with Crippen LogP contribution < -0.4 is 10.1 Å². The first kappa shape index (κ1) is 24.0. The SMILES string of the molecule is CCOC(=O)Oc1ccc(C(=O)N2CCC(CNC(=O)/C=C/c3cccc(F)c3)CC2)cc1. The summed E-state index contributed by atoms with van der Waals surface area (Å²) >= 11 is 0. The predicted octanol–water partition coefficient (Wildman–Crippen LogP) is 4.04. The smallest absolute Gasteiger partial charge is 0.434 e. The summed E-state index contributed by atoms with van der Waals surface area (Å²) in [6.45, 7) is 3.63. The van der Waals surface area contributed by atoms with Gasteiger partial charge in [0, 0.05) is 31.3 Å². The van der Waals surface area contributed by atoms with E-state index in [1.54, 1.807) is 54.3 Å². The summed E-state index contributed by atoms with van der Waals surface area (Å²) in [7, 11) is 0. The van der Waals surface area contributed by atoms with E-state index in [-0.39, 0.29) is 30.2 Å². The number of benzene rings is 2. The second kappa shape index (κ2) is 11.8. The molecule has 1 N–H and O–H groups in total. The van der Waals surface area contributed by atoms with Gasteiger partial charge in [-0.05, 0) is 73.7 Å². The van der Waals surface area contributed by atoms with Crippen molar-refractivity contribution in [1.29, 1.82) is 0 Å². The molecule has 0 saturated carbocycles. The van der Waals surface area contributed by atoms with Gasteiger partial charge in [0.2, 0.25) is 5.91 Å². The fourth-order valence-corrected chi connectivity index (χ4v) is 3.52. The van der Waals surface area contributed by atoms with Gasteiger partial charge in [-0.25, -0.2) is 9.18 Å². The van der Waals surface area contributed by atoms with Gasteiger partial charge in [0.05, 0.1) is 6.61 Å². The van der Waals surface area contributed by atoms with Crippen LogP contribution in [-0.4, -0.2) is 49.1 Å². The summed E-state index contributed by atoms with van der Waals surface area (Å²) in [5.41, 5.74) is 1.14. The predicted molar refractivity (Wildman–Crippen MR) is 121 cm³/mol. The summed E-state index contributed by atoms with van der Waals surface area (Å²) in [5.74, 6) is -0.0762. The molecule has 0 aliphatic carbocycles. The molecule has 8 heteroatoms. The van der Waals surface area contributed by atoms with E-state index in [1.807, 2.05) is 0 Å². The minimum absolute atomic E-state index is 0.0850. The van der Waals surface area contributed by atoms with E-state index in [4.69, 9.17) is 9.47 Å². The van der Waals surface area contributed by atoms with Gasteiger partial charge in [-0.3, -0.25) is 9.59 Å². The lowest BCUT2D eigenvalue weighted by Crippen LogP contribution is -2.41. The molecule has 2 aromatic carbocycles. The number of ether oxygens (including phenoxy) is 2. The highest BCUT2D eigenvalue weighted by molar-refractivity contribution is 5.94. The van der Waals surface area contributed by atoms with Crippen LogP contribution >= 0.6 is 0 Å². The zero-order valence-corrected chi connectivity index (χ0v) is 18.5. The largest absolute Gasteiger partial charge is 0.513 e. The highest BCUT2D eigenvalue weighted by Gasteiger charge is 2.24. The lowest BCUT2D eigenvalue weighted by molar-refractivity contribution is -0.116. The van der Waals surface area contributed by atoms with Crippen LogP contribution in [0.1, 0.15) is 35.7 Å². The van der Waals surface area contributed by atoms with Crippen LogP contribution in [0.4, 0.5) is 9.18 Å². The Hall–Kier alpha value is -3.68. The highest BCUT2D eigenvalue weighted by atomic mass is 19.1. The minimum atomic E-state index is -0.782. The second-order valence-corrected chi connectivity index (χ2v) is 7.68. The molecule has 2 amide bonds. The first-order valence-electron chi connectivity index (χ1n) is 10.9. The molecule has 0 bridgehead atoms. The van der Waals surface area contributed by atoms with E-state index in [2.05, 4.69) is 5.32 Å². The molecule has 1 fully saturated rings. The van der Waals surface area contributed by atoms with Crippen LogP contribution in [0.3, 0.4) is 0 Å². The normalized spacial score (nSPS) is 14.2. The molecule has 33 heavy (non-hydrogen) atoms. The van der Waals surface area contributed by atoms with Crippen molar-refractivity contribution in [2.75, 3.05) is 26.2 Å². The number of nitrogens with one attached hydrogen (secondary N) is 1. The molecule has 1 aliphatic heterocycles. The zero-order chi connectivity index (χ0) is 23.6. The number of amides is 2. The maximum atomic E-state index is 13.2. The summed E-state index contributed by atoms with van der Waals surface area (Å²) in [4.78, 5) is 37.9. The minimum Gasteiger partial charge on any atom is -0.434 e. The number of piperidine rings is 1. The summed E-state index contributed by atoms with van der Waals surface area (Å²) in [5, 5.41) is 2.87. The van der Waals surface area contributed by atoms with Gasteiger partial charge in [0.25, 0.3) is 5.91 Å². The highest BCUT2D eigenvalue weighted by Crippen LogP contribution is 2.20. The van der Waals surface area contributed by atoms with E-state index in [9.17, 15) is 18.8 Å². The van der Waals surface area contributed by atoms with Crippen molar-refractivity contribution in [2.45, 2.75) is 19.8 Å². The molecule has 1 heterocycles. The Morgan fingerprint density at radius 2 is 1.85 bits per heavy atom. The van der Waals surface area contributed by atoms with E-state index in [0.29, 0.717) is 36.5 Å². The van der Waals surface area contributed by atoms with Crippen LogP contribution in [0.2, 0.25) is 0 Å². The standard InChI is InChI=1S/C25H27FN2O5/c1-2-32-25(31)33-22-9-7-20(8-10-22)24(30)28-14-12-19(13-15-28)17-27-23(29)11-6-18-4-3-5-21(26)16-18/h3-11,16,19H,2,12-15,17H2,1H3,(H,27,29)/b11-6+. The first-order valence-corrected chi connectivity index (χ1v) is 10.9. The van der Waals surface area contributed by atoms with E-state index < -0.39 is 6.16 Å². The van der Waals surface area contributed by atoms with E-state index in [1.165, 1.54) is 18.2 Å². The quantitative estimate of drug-likeness (QED) is 0.388. The first-order chi connectivity index (χ1) is 15.9. The molecule has 0 spiro atoms. The third-order valence-corrected chi connectivity index (χ3v) is 5.31. The van der Waals surface area contributed by atoms with Gasteiger partial charge in [0.15, 0.2) is 0 Å². The Kier molecular flexibility index (Phi) is 8.57. The molecule has 0 unspecified atom stereocenters. The van der Waals surface area contributed by atoms with Crippen LogP contribution in [0, 0.1) is 11.7 Å². The maximum absolute atomic E-state index is 13.2. The van der Waals surface area contributed by atoms with Gasteiger partial charge >= 0.3 is 6.16 Å². The molecule has 3 rings (SSSR count). The molecule has 0 radical (unpaired) electrons. The van der Waals surface area contributed by atoms with Crippen molar-refractivity contribution in [2.24, 2.45) is 5.92 Å². The Labute approximate surface area is 192 Å². The molecule has 0 aromatic heterocycles. The van der Waals surface area contributed by atoms with Crippen molar-refractivity contribution in [3.8, 4) is 5.75 Å². The van der Waals surface area contributed by atoms with Gasteiger partial charge < -0.3 is 19.7 Å². The summed E-state index contributed by atoms with van der Waals surface area (Å²) in [6.07, 6.45) is 3.74.